The van der Waals surface area contributed by atoms with Gasteiger partial charge in [-0.05, 0) is 36.8 Å². The van der Waals surface area contributed by atoms with Gasteiger partial charge in [-0.15, -0.1) is 0 Å². The Morgan fingerprint density at radius 1 is 1.24 bits per heavy atom. The fourth-order valence-electron chi connectivity index (χ4n) is 2.44. The van der Waals surface area contributed by atoms with Crippen molar-refractivity contribution in [3.05, 3.63) is 41.6 Å². The molecule has 1 aliphatic heterocycles. The van der Waals surface area contributed by atoms with Crippen molar-refractivity contribution in [1.29, 1.82) is 0 Å². The van der Waals surface area contributed by atoms with Crippen LogP contribution < -0.4 is 0 Å². The number of carbonyl (C=O) groups excluding carboxylic acids is 1. The molecule has 2 nitrogen and oxygen atoms in total. The summed E-state index contributed by atoms with van der Waals surface area (Å²) >= 11 is 0. The second kappa shape index (κ2) is 4.36. The van der Waals surface area contributed by atoms with Crippen LogP contribution in [0.1, 0.15) is 31.2 Å². The molecule has 17 heavy (non-hydrogen) atoms. The number of hydrogen-bond donors (Lipinski definition) is 0. The first-order valence-electron chi connectivity index (χ1n) is 6.41. The van der Waals surface area contributed by atoms with E-state index >= 15 is 0 Å². The summed E-state index contributed by atoms with van der Waals surface area (Å²) in [6, 6.07) is 10.3. The van der Waals surface area contributed by atoms with Gasteiger partial charge in [0.25, 0.3) is 0 Å². The van der Waals surface area contributed by atoms with Crippen LogP contribution in [0.5, 0.6) is 0 Å². The van der Waals surface area contributed by atoms with E-state index in [-0.39, 0.29) is 0 Å². The summed E-state index contributed by atoms with van der Waals surface area (Å²) in [4.78, 5) is 13.8. The highest BCUT2D eigenvalue weighted by Crippen LogP contribution is 2.40. The molecule has 0 spiro atoms. The molecule has 0 radical (unpaired) electrons. The Labute approximate surface area is 102 Å². The van der Waals surface area contributed by atoms with E-state index in [1.54, 1.807) is 0 Å². The Morgan fingerprint density at radius 2 is 2.00 bits per heavy atom. The highest BCUT2D eigenvalue weighted by molar-refractivity contribution is 5.81. The van der Waals surface area contributed by atoms with Crippen LogP contribution in [0.2, 0.25) is 0 Å². The Hall–Kier alpha value is -1.57. The third-order valence-electron chi connectivity index (χ3n) is 3.49. The average Bonchev–Trinajstić information content (AvgIpc) is 3.11. The molecule has 0 aromatic heterocycles. The summed E-state index contributed by atoms with van der Waals surface area (Å²) in [5, 5.41) is 0. The van der Waals surface area contributed by atoms with E-state index in [1.807, 2.05) is 23.1 Å². The summed E-state index contributed by atoms with van der Waals surface area (Å²) in [6.45, 7) is 0.911. The van der Waals surface area contributed by atoms with Gasteiger partial charge in [0, 0.05) is 18.7 Å². The fourth-order valence-corrected chi connectivity index (χ4v) is 2.44. The zero-order valence-corrected chi connectivity index (χ0v) is 9.93. The summed E-state index contributed by atoms with van der Waals surface area (Å²) in [5.41, 5.74) is 2.45. The van der Waals surface area contributed by atoms with Gasteiger partial charge in [-0.2, -0.15) is 0 Å². The number of carbonyl (C=O) groups is 1. The largest absolute Gasteiger partial charge is 0.316 e. The normalized spacial score (nSPS) is 21.1. The molecule has 1 aromatic carbocycles. The molecule has 0 unspecified atom stereocenters. The Morgan fingerprint density at radius 3 is 2.59 bits per heavy atom. The van der Waals surface area contributed by atoms with E-state index in [0.29, 0.717) is 11.8 Å². The van der Waals surface area contributed by atoms with Crippen molar-refractivity contribution in [2.45, 2.75) is 25.7 Å². The number of hydrogen-bond acceptors (Lipinski definition) is 1. The highest BCUT2D eigenvalue weighted by Gasteiger charge is 2.34. The van der Waals surface area contributed by atoms with Crippen molar-refractivity contribution < 1.29 is 4.79 Å². The molecule has 1 saturated heterocycles. The molecule has 2 aliphatic rings. The molecular formula is C15H17NO. The third-order valence-corrected chi connectivity index (χ3v) is 3.49. The molecule has 1 aromatic rings. The van der Waals surface area contributed by atoms with Gasteiger partial charge in [-0.1, -0.05) is 30.3 Å². The smallest absolute Gasteiger partial charge is 0.226 e. The van der Waals surface area contributed by atoms with Crippen LogP contribution in [-0.2, 0) is 4.79 Å². The minimum atomic E-state index is 0.305. The van der Waals surface area contributed by atoms with Crippen molar-refractivity contribution in [3.8, 4) is 0 Å². The Bertz CT molecular complexity index is 445. The van der Waals surface area contributed by atoms with E-state index in [2.05, 4.69) is 18.2 Å². The lowest BCUT2D eigenvalue weighted by atomic mass is 10.1. The van der Waals surface area contributed by atoms with E-state index < -0.39 is 0 Å². The second-order valence-corrected chi connectivity index (χ2v) is 4.90. The second-order valence-electron chi connectivity index (χ2n) is 4.90. The Kier molecular flexibility index (Phi) is 2.71. The topological polar surface area (TPSA) is 20.3 Å². The number of allylic oxidation sites excluding steroid dienone is 1. The standard InChI is InChI=1S/C15H17NO/c17-15-7-4-10-16(15)14(13-8-9-13)11-12-5-2-1-3-6-12/h1-3,5-6,11,13H,4,7-10H2/b14-11-. The molecular weight excluding hydrogens is 210 g/mol. The fraction of sp³-hybridized carbons (Fsp3) is 0.400. The van der Waals surface area contributed by atoms with Gasteiger partial charge in [0.1, 0.15) is 0 Å². The van der Waals surface area contributed by atoms with E-state index in [0.717, 1.165) is 19.4 Å². The SMILES string of the molecule is O=C1CCCN1/C(=C\c1ccccc1)C1CC1. The van der Waals surface area contributed by atoms with Crippen LogP contribution in [0, 0.1) is 5.92 Å². The van der Waals surface area contributed by atoms with Crippen LogP contribution in [0.3, 0.4) is 0 Å². The van der Waals surface area contributed by atoms with Gasteiger partial charge < -0.3 is 4.90 Å². The quantitative estimate of drug-likeness (QED) is 0.777. The zero-order valence-electron chi connectivity index (χ0n) is 9.93. The summed E-state index contributed by atoms with van der Waals surface area (Å²) in [5.74, 6) is 0.927. The van der Waals surface area contributed by atoms with Crippen LogP contribution in [0.25, 0.3) is 6.08 Å². The van der Waals surface area contributed by atoms with Crippen LogP contribution in [0.4, 0.5) is 0 Å². The zero-order chi connectivity index (χ0) is 11.7. The van der Waals surface area contributed by atoms with E-state index in [1.165, 1.54) is 24.1 Å². The van der Waals surface area contributed by atoms with Gasteiger partial charge in [0.2, 0.25) is 5.91 Å². The van der Waals surface area contributed by atoms with Gasteiger partial charge in [-0.3, -0.25) is 4.79 Å². The van der Waals surface area contributed by atoms with Gasteiger partial charge in [0.05, 0.1) is 0 Å². The van der Waals surface area contributed by atoms with Gasteiger partial charge in [0.15, 0.2) is 0 Å². The molecule has 0 N–H and O–H groups in total. The van der Waals surface area contributed by atoms with Crippen LogP contribution in [0.15, 0.2) is 36.0 Å². The summed E-state index contributed by atoms with van der Waals surface area (Å²) in [6.07, 6.45) is 6.41. The molecule has 2 heteroatoms. The van der Waals surface area contributed by atoms with Crippen molar-refractivity contribution in [1.82, 2.24) is 4.90 Å². The maximum atomic E-state index is 11.8. The van der Waals surface area contributed by atoms with Gasteiger partial charge >= 0.3 is 0 Å². The minimum Gasteiger partial charge on any atom is -0.316 e. The molecule has 1 saturated carbocycles. The Balaban J connectivity index is 1.90. The van der Waals surface area contributed by atoms with Crippen molar-refractivity contribution in [2.75, 3.05) is 6.54 Å². The first-order valence-corrected chi connectivity index (χ1v) is 6.41. The minimum absolute atomic E-state index is 0.305. The predicted molar refractivity (Wildman–Crippen MR) is 68.1 cm³/mol. The monoisotopic (exact) mass is 227 g/mol. The first-order chi connectivity index (χ1) is 8.34. The number of likely N-dealkylation sites (tertiary alicyclic amines) is 1. The van der Waals surface area contributed by atoms with Gasteiger partial charge in [-0.25, -0.2) is 0 Å². The molecule has 1 aliphatic carbocycles. The lowest BCUT2D eigenvalue weighted by Gasteiger charge is -2.19. The molecule has 0 bridgehead atoms. The lowest BCUT2D eigenvalue weighted by molar-refractivity contribution is -0.126. The van der Waals surface area contributed by atoms with E-state index in [4.69, 9.17) is 0 Å². The maximum absolute atomic E-state index is 11.8. The van der Waals surface area contributed by atoms with Crippen molar-refractivity contribution in [3.63, 3.8) is 0 Å². The highest BCUT2D eigenvalue weighted by atomic mass is 16.2. The molecule has 0 atom stereocenters. The van der Waals surface area contributed by atoms with E-state index in [9.17, 15) is 4.79 Å². The molecule has 1 amide bonds. The number of benzene rings is 1. The average molecular weight is 227 g/mol. The van der Waals surface area contributed by atoms with Crippen molar-refractivity contribution >= 4 is 12.0 Å². The van der Waals surface area contributed by atoms with Crippen LogP contribution in [-0.4, -0.2) is 17.4 Å². The first kappa shape index (κ1) is 10.6. The number of rotatable bonds is 3. The molecule has 2 fully saturated rings. The molecule has 1 heterocycles. The molecule has 88 valence electrons. The summed E-state index contributed by atoms with van der Waals surface area (Å²) < 4.78 is 0. The number of amides is 1. The molecule has 3 rings (SSSR count). The predicted octanol–water partition coefficient (Wildman–Crippen LogP) is 3.06. The van der Waals surface area contributed by atoms with Crippen LogP contribution >= 0.6 is 0 Å². The third kappa shape index (κ3) is 2.26. The van der Waals surface area contributed by atoms with Crippen molar-refractivity contribution in [2.24, 2.45) is 5.92 Å². The lowest BCUT2D eigenvalue weighted by Crippen LogP contribution is -2.24. The maximum Gasteiger partial charge on any atom is 0.226 e. The number of nitrogens with zero attached hydrogens (tertiary/aromatic N) is 1. The summed E-state index contributed by atoms with van der Waals surface area (Å²) in [7, 11) is 0.